The van der Waals surface area contributed by atoms with Crippen LogP contribution in [0.1, 0.15) is 11.1 Å². The molecule has 3 N–H and O–H groups in total. The van der Waals surface area contributed by atoms with E-state index in [1.807, 2.05) is 31.2 Å². The molecular weight excluding hydrogens is 430 g/mol. The highest BCUT2D eigenvalue weighted by Crippen LogP contribution is 2.31. The van der Waals surface area contributed by atoms with E-state index in [1.165, 1.54) is 11.8 Å². The van der Waals surface area contributed by atoms with Crippen LogP contribution in [-0.2, 0) is 9.59 Å². The van der Waals surface area contributed by atoms with Gasteiger partial charge in [0.15, 0.2) is 11.8 Å². The Labute approximate surface area is 169 Å². The van der Waals surface area contributed by atoms with Crippen molar-refractivity contribution in [2.45, 2.75) is 6.92 Å². The van der Waals surface area contributed by atoms with Crippen molar-refractivity contribution in [1.29, 1.82) is 0 Å². The molecule has 6 nitrogen and oxygen atoms in total. The van der Waals surface area contributed by atoms with Crippen molar-refractivity contribution in [1.82, 2.24) is 5.32 Å². The van der Waals surface area contributed by atoms with Crippen LogP contribution in [0.15, 0.2) is 56.8 Å². The second-order valence-corrected chi connectivity index (χ2v) is 7.65. The Morgan fingerprint density at radius 3 is 2.70 bits per heavy atom. The molecule has 8 heteroatoms. The van der Waals surface area contributed by atoms with E-state index in [1.54, 1.807) is 24.3 Å². The summed E-state index contributed by atoms with van der Waals surface area (Å²) in [5.41, 5.74) is 7.81. The first-order valence-electron chi connectivity index (χ1n) is 7.97. The Morgan fingerprint density at radius 2 is 2.04 bits per heavy atom. The molecule has 0 unspecified atom stereocenters. The molecule has 2 aromatic rings. The van der Waals surface area contributed by atoms with Gasteiger partial charge in [0.25, 0.3) is 11.8 Å². The third-order valence-electron chi connectivity index (χ3n) is 3.54. The van der Waals surface area contributed by atoms with Gasteiger partial charge in [-0.05, 0) is 70.5 Å². The minimum absolute atomic E-state index is 0.198. The molecule has 1 aliphatic heterocycles. The predicted molar refractivity (Wildman–Crippen MR) is 111 cm³/mol. The Kier molecular flexibility index (Phi) is 5.98. The van der Waals surface area contributed by atoms with Gasteiger partial charge in [0, 0.05) is 0 Å². The van der Waals surface area contributed by atoms with Crippen LogP contribution in [-0.4, -0.2) is 23.6 Å². The quantitative estimate of drug-likeness (QED) is 0.688. The van der Waals surface area contributed by atoms with E-state index in [0.29, 0.717) is 20.3 Å². The highest BCUT2D eigenvalue weighted by atomic mass is 79.9. The number of primary amides is 1. The first-order valence-corrected chi connectivity index (χ1v) is 9.58. The zero-order valence-corrected chi connectivity index (χ0v) is 16.8. The molecule has 1 fully saturated rings. The molecule has 27 heavy (non-hydrogen) atoms. The summed E-state index contributed by atoms with van der Waals surface area (Å²) in [6.07, 6.45) is 1.76. The second kappa shape index (κ2) is 8.41. The number of amidine groups is 1. The summed E-state index contributed by atoms with van der Waals surface area (Å²) in [5, 5.41) is 3.30. The lowest BCUT2D eigenvalue weighted by atomic mass is 10.2. The van der Waals surface area contributed by atoms with Gasteiger partial charge in [-0.25, -0.2) is 4.99 Å². The standard InChI is InChI=1S/C19H16BrN3O3S/c1-11-2-5-13(6-3-11)22-19-23-18(25)16(27-19)9-12-4-7-15(14(20)8-12)26-10-17(21)24/h2-9H,10H2,1H3,(H2,21,24)(H,22,23,25). The highest BCUT2D eigenvalue weighted by Gasteiger charge is 2.23. The van der Waals surface area contributed by atoms with E-state index in [4.69, 9.17) is 10.5 Å². The number of benzene rings is 2. The van der Waals surface area contributed by atoms with E-state index in [2.05, 4.69) is 26.2 Å². The van der Waals surface area contributed by atoms with Gasteiger partial charge in [0.1, 0.15) is 5.75 Å². The summed E-state index contributed by atoms with van der Waals surface area (Å²) in [5.74, 6) is -0.246. The SMILES string of the molecule is Cc1ccc(N=C2NC(=O)C(=Cc3ccc(OCC(N)=O)c(Br)c3)S2)cc1. The van der Waals surface area contributed by atoms with E-state index in [9.17, 15) is 9.59 Å². The number of aliphatic imine (C=N–C) groups is 1. The van der Waals surface area contributed by atoms with Crippen LogP contribution in [0.5, 0.6) is 5.75 Å². The van der Waals surface area contributed by atoms with Crippen LogP contribution in [0.2, 0.25) is 0 Å². The van der Waals surface area contributed by atoms with Crippen LogP contribution in [0, 0.1) is 6.92 Å². The molecular formula is C19H16BrN3O3S. The van der Waals surface area contributed by atoms with Crippen LogP contribution in [0.25, 0.3) is 6.08 Å². The molecule has 0 aliphatic carbocycles. The third-order valence-corrected chi connectivity index (χ3v) is 5.07. The normalized spacial score (nSPS) is 16.6. The van der Waals surface area contributed by atoms with Gasteiger partial charge in [0.2, 0.25) is 0 Å². The fourth-order valence-electron chi connectivity index (χ4n) is 2.24. The molecule has 0 aromatic heterocycles. The fraction of sp³-hybridized carbons (Fsp3) is 0.105. The van der Waals surface area contributed by atoms with Gasteiger partial charge in [0.05, 0.1) is 15.1 Å². The molecule has 0 spiro atoms. The number of aryl methyl sites for hydroxylation is 1. The predicted octanol–water partition coefficient (Wildman–Crippen LogP) is 3.51. The number of amides is 2. The molecule has 0 saturated carbocycles. The van der Waals surface area contributed by atoms with E-state index in [-0.39, 0.29) is 12.5 Å². The summed E-state index contributed by atoms with van der Waals surface area (Å²) < 4.78 is 5.95. The summed E-state index contributed by atoms with van der Waals surface area (Å²) in [6, 6.07) is 13.0. The van der Waals surface area contributed by atoms with Crippen molar-refractivity contribution in [3.8, 4) is 5.75 Å². The van der Waals surface area contributed by atoms with Gasteiger partial charge in [-0.1, -0.05) is 23.8 Å². The van der Waals surface area contributed by atoms with Crippen molar-refractivity contribution in [3.63, 3.8) is 0 Å². The maximum atomic E-state index is 12.2. The summed E-state index contributed by atoms with van der Waals surface area (Å²) >= 11 is 4.67. The average Bonchev–Trinajstić information content (AvgIpc) is 2.95. The summed E-state index contributed by atoms with van der Waals surface area (Å²) in [4.78, 5) is 28.0. The number of halogens is 1. The smallest absolute Gasteiger partial charge is 0.264 e. The number of thioether (sulfide) groups is 1. The van der Waals surface area contributed by atoms with E-state index >= 15 is 0 Å². The second-order valence-electron chi connectivity index (χ2n) is 5.76. The fourth-order valence-corrected chi connectivity index (χ4v) is 3.59. The van der Waals surface area contributed by atoms with Crippen molar-refractivity contribution >= 4 is 56.4 Å². The Hall–Kier alpha value is -2.58. The Balaban J connectivity index is 1.75. The van der Waals surface area contributed by atoms with Crippen molar-refractivity contribution in [2.75, 3.05) is 6.61 Å². The molecule has 2 amide bonds. The van der Waals surface area contributed by atoms with Gasteiger partial charge >= 0.3 is 0 Å². The maximum absolute atomic E-state index is 12.2. The number of nitrogens with zero attached hydrogens (tertiary/aromatic N) is 1. The van der Waals surface area contributed by atoms with Crippen molar-refractivity contribution in [2.24, 2.45) is 10.7 Å². The lowest BCUT2D eigenvalue weighted by Crippen LogP contribution is -2.20. The lowest BCUT2D eigenvalue weighted by molar-refractivity contribution is -0.120. The molecule has 0 atom stereocenters. The zero-order valence-electron chi connectivity index (χ0n) is 14.4. The van der Waals surface area contributed by atoms with Crippen LogP contribution < -0.4 is 15.8 Å². The largest absolute Gasteiger partial charge is 0.483 e. The number of hydrogen-bond acceptors (Lipinski definition) is 5. The van der Waals surface area contributed by atoms with Crippen molar-refractivity contribution < 1.29 is 14.3 Å². The summed E-state index contributed by atoms with van der Waals surface area (Å²) in [7, 11) is 0. The highest BCUT2D eigenvalue weighted by molar-refractivity contribution is 9.10. The van der Waals surface area contributed by atoms with Crippen LogP contribution >= 0.6 is 27.7 Å². The van der Waals surface area contributed by atoms with E-state index in [0.717, 1.165) is 16.8 Å². The van der Waals surface area contributed by atoms with Gasteiger partial charge in [-0.15, -0.1) is 0 Å². The van der Waals surface area contributed by atoms with Crippen LogP contribution in [0.3, 0.4) is 0 Å². The maximum Gasteiger partial charge on any atom is 0.264 e. The lowest BCUT2D eigenvalue weighted by Gasteiger charge is -2.06. The van der Waals surface area contributed by atoms with Crippen molar-refractivity contribution in [3.05, 3.63) is 63.0 Å². The number of carbonyl (C=O) groups excluding carboxylic acids is 2. The van der Waals surface area contributed by atoms with Gasteiger partial charge < -0.3 is 15.8 Å². The number of nitrogens with one attached hydrogen (secondary N) is 1. The zero-order chi connectivity index (χ0) is 19.4. The molecule has 2 aromatic carbocycles. The number of hydrogen-bond donors (Lipinski definition) is 2. The topological polar surface area (TPSA) is 93.8 Å². The summed E-state index contributed by atoms with van der Waals surface area (Å²) in [6.45, 7) is 1.81. The minimum atomic E-state index is -0.549. The van der Waals surface area contributed by atoms with Gasteiger partial charge in [-0.2, -0.15) is 0 Å². The molecule has 0 radical (unpaired) electrons. The Morgan fingerprint density at radius 1 is 1.30 bits per heavy atom. The van der Waals surface area contributed by atoms with Gasteiger partial charge in [-0.3, -0.25) is 9.59 Å². The average molecular weight is 446 g/mol. The molecule has 3 rings (SSSR count). The third kappa shape index (κ3) is 5.21. The first-order chi connectivity index (χ1) is 12.9. The Bertz CT molecular complexity index is 955. The minimum Gasteiger partial charge on any atom is -0.483 e. The molecule has 1 heterocycles. The molecule has 1 saturated heterocycles. The number of carbonyl (C=O) groups is 2. The monoisotopic (exact) mass is 445 g/mol. The first kappa shape index (κ1) is 19.2. The number of nitrogens with two attached hydrogens (primary N) is 1. The number of ether oxygens (including phenoxy) is 1. The molecule has 1 aliphatic rings. The molecule has 0 bridgehead atoms. The van der Waals surface area contributed by atoms with E-state index < -0.39 is 5.91 Å². The number of rotatable bonds is 5. The van der Waals surface area contributed by atoms with Crippen LogP contribution in [0.4, 0.5) is 5.69 Å². The molecule has 138 valence electrons.